The maximum Gasteiger partial charge on any atom is 0.223 e. The zero-order valence-electron chi connectivity index (χ0n) is 29.8. The highest BCUT2D eigenvalue weighted by Gasteiger charge is 2.12. The SMILES string of the molecule is CCCCCCCCCCCCN(C(C)=O)c1ccc(N=Nc2ccc(N(CCCCCCCCCCCC)C(C)=O)cc2)cc1. The Balaban J connectivity index is 1.76. The first kappa shape index (κ1) is 39.2. The van der Waals surface area contributed by atoms with Crippen molar-refractivity contribution in [2.24, 2.45) is 10.2 Å². The van der Waals surface area contributed by atoms with Crippen LogP contribution in [0.25, 0.3) is 0 Å². The van der Waals surface area contributed by atoms with Gasteiger partial charge >= 0.3 is 0 Å². The molecule has 0 N–H and O–H groups in total. The molecule has 0 aromatic heterocycles. The minimum atomic E-state index is 0.0677. The van der Waals surface area contributed by atoms with E-state index in [9.17, 15) is 9.59 Å². The number of benzene rings is 2. The standard InChI is InChI=1S/C40H64N4O2/c1-5-7-9-11-13-15-17-19-21-23-33-43(35(3)45)39-29-25-37(26-30-39)41-42-38-27-31-40(32-28-38)44(36(4)46)34-24-22-20-18-16-14-12-10-8-6-2/h25-32H,5-24,33-34H2,1-4H3. The van der Waals surface area contributed by atoms with Crippen LogP contribution in [0.1, 0.15) is 156 Å². The van der Waals surface area contributed by atoms with Gasteiger partial charge in [-0.3, -0.25) is 9.59 Å². The van der Waals surface area contributed by atoms with E-state index in [0.717, 1.165) is 61.5 Å². The van der Waals surface area contributed by atoms with Gasteiger partial charge in [0.1, 0.15) is 0 Å². The Kier molecular flexibility index (Phi) is 21.4. The van der Waals surface area contributed by atoms with Crippen LogP contribution in [0.3, 0.4) is 0 Å². The van der Waals surface area contributed by atoms with Crippen molar-refractivity contribution in [2.75, 3.05) is 22.9 Å². The Hall–Kier alpha value is -3.02. The third kappa shape index (κ3) is 17.1. The minimum absolute atomic E-state index is 0.0677. The molecule has 2 aromatic carbocycles. The van der Waals surface area contributed by atoms with Gasteiger partial charge in [-0.05, 0) is 61.4 Å². The Bertz CT molecular complexity index is 1010. The normalized spacial score (nSPS) is 11.3. The number of anilines is 2. The van der Waals surface area contributed by atoms with Gasteiger partial charge in [0.15, 0.2) is 0 Å². The largest absolute Gasteiger partial charge is 0.313 e. The summed E-state index contributed by atoms with van der Waals surface area (Å²) in [5.41, 5.74) is 3.28. The number of carbonyl (C=O) groups is 2. The number of unbranched alkanes of at least 4 members (excludes halogenated alkanes) is 18. The van der Waals surface area contributed by atoms with Gasteiger partial charge in [0.2, 0.25) is 11.8 Å². The van der Waals surface area contributed by atoms with Crippen LogP contribution < -0.4 is 9.80 Å². The fourth-order valence-corrected chi connectivity index (χ4v) is 5.97. The Morgan fingerprint density at radius 1 is 0.435 bits per heavy atom. The van der Waals surface area contributed by atoms with E-state index in [-0.39, 0.29) is 11.8 Å². The van der Waals surface area contributed by atoms with Gasteiger partial charge < -0.3 is 9.80 Å². The van der Waals surface area contributed by atoms with Crippen molar-refractivity contribution in [3.8, 4) is 0 Å². The number of nitrogens with zero attached hydrogens (tertiary/aromatic N) is 4. The second kappa shape index (κ2) is 25.1. The smallest absolute Gasteiger partial charge is 0.223 e. The summed E-state index contributed by atoms with van der Waals surface area (Å²) in [6.07, 6.45) is 25.6. The predicted molar refractivity (Wildman–Crippen MR) is 197 cm³/mol. The topological polar surface area (TPSA) is 65.3 Å². The first-order valence-electron chi connectivity index (χ1n) is 18.6. The summed E-state index contributed by atoms with van der Waals surface area (Å²) >= 11 is 0. The van der Waals surface area contributed by atoms with Crippen LogP contribution in [0, 0.1) is 0 Å². The lowest BCUT2D eigenvalue weighted by molar-refractivity contribution is -0.117. The molecule has 0 saturated heterocycles. The molecular weight excluding hydrogens is 568 g/mol. The molecule has 0 unspecified atom stereocenters. The molecule has 2 rings (SSSR count). The summed E-state index contributed by atoms with van der Waals surface area (Å²) in [6, 6.07) is 15.4. The summed E-state index contributed by atoms with van der Waals surface area (Å²) in [5, 5.41) is 8.81. The number of azo groups is 1. The maximum absolute atomic E-state index is 12.4. The van der Waals surface area contributed by atoms with E-state index in [0.29, 0.717) is 0 Å². The number of carbonyl (C=O) groups excluding carboxylic acids is 2. The summed E-state index contributed by atoms with van der Waals surface area (Å²) in [5.74, 6) is 0.135. The van der Waals surface area contributed by atoms with Crippen molar-refractivity contribution in [1.82, 2.24) is 0 Å². The first-order chi connectivity index (χ1) is 22.5. The fraction of sp³-hybridized carbons (Fsp3) is 0.650. The molecule has 2 amide bonds. The van der Waals surface area contributed by atoms with Crippen LogP contribution >= 0.6 is 0 Å². The van der Waals surface area contributed by atoms with E-state index in [1.807, 2.05) is 58.3 Å². The monoisotopic (exact) mass is 633 g/mol. The molecule has 0 aliphatic heterocycles. The second-order valence-corrected chi connectivity index (χ2v) is 12.9. The van der Waals surface area contributed by atoms with Crippen molar-refractivity contribution in [3.63, 3.8) is 0 Å². The van der Waals surface area contributed by atoms with Gasteiger partial charge in [0.25, 0.3) is 0 Å². The lowest BCUT2D eigenvalue weighted by atomic mass is 10.1. The summed E-state index contributed by atoms with van der Waals surface area (Å²) < 4.78 is 0. The summed E-state index contributed by atoms with van der Waals surface area (Å²) in [6.45, 7) is 9.28. The number of rotatable bonds is 26. The minimum Gasteiger partial charge on any atom is -0.313 e. The fourth-order valence-electron chi connectivity index (χ4n) is 5.97. The van der Waals surface area contributed by atoms with Crippen molar-refractivity contribution in [2.45, 2.75) is 156 Å². The molecule has 0 aliphatic carbocycles. The van der Waals surface area contributed by atoms with Crippen molar-refractivity contribution < 1.29 is 9.59 Å². The molecule has 256 valence electrons. The molecule has 6 nitrogen and oxygen atoms in total. The lowest BCUT2D eigenvalue weighted by Gasteiger charge is -2.21. The molecule has 0 atom stereocenters. The molecular formula is C40H64N4O2. The third-order valence-electron chi connectivity index (χ3n) is 8.83. The van der Waals surface area contributed by atoms with Crippen LogP contribution in [-0.2, 0) is 9.59 Å². The van der Waals surface area contributed by atoms with Crippen LogP contribution in [0.15, 0.2) is 58.8 Å². The molecule has 2 aromatic rings. The highest BCUT2D eigenvalue weighted by Crippen LogP contribution is 2.25. The average Bonchev–Trinajstić information content (AvgIpc) is 3.05. The van der Waals surface area contributed by atoms with Gasteiger partial charge in [-0.2, -0.15) is 10.2 Å². The van der Waals surface area contributed by atoms with Gasteiger partial charge in [-0.25, -0.2) is 0 Å². The molecule has 0 heterocycles. The van der Waals surface area contributed by atoms with E-state index in [2.05, 4.69) is 24.1 Å². The third-order valence-corrected chi connectivity index (χ3v) is 8.83. The molecule has 0 saturated carbocycles. The first-order valence-corrected chi connectivity index (χ1v) is 18.6. The van der Waals surface area contributed by atoms with E-state index >= 15 is 0 Å². The highest BCUT2D eigenvalue weighted by atomic mass is 16.2. The number of hydrogen-bond acceptors (Lipinski definition) is 4. The van der Waals surface area contributed by atoms with Crippen molar-refractivity contribution >= 4 is 34.6 Å². The van der Waals surface area contributed by atoms with Crippen LogP contribution in [0.2, 0.25) is 0 Å². The summed E-state index contributed by atoms with van der Waals surface area (Å²) in [7, 11) is 0. The Morgan fingerprint density at radius 3 is 0.957 bits per heavy atom. The van der Waals surface area contributed by atoms with Crippen LogP contribution in [0.5, 0.6) is 0 Å². The second-order valence-electron chi connectivity index (χ2n) is 12.9. The van der Waals surface area contributed by atoms with E-state index in [1.165, 1.54) is 103 Å². The maximum atomic E-state index is 12.4. The highest BCUT2D eigenvalue weighted by molar-refractivity contribution is 5.92. The molecule has 0 aliphatic rings. The Labute approximate surface area is 281 Å². The zero-order valence-corrected chi connectivity index (χ0v) is 29.8. The van der Waals surface area contributed by atoms with Crippen LogP contribution in [0.4, 0.5) is 22.7 Å². The zero-order chi connectivity index (χ0) is 33.2. The van der Waals surface area contributed by atoms with E-state index < -0.39 is 0 Å². The quantitative estimate of drug-likeness (QED) is 0.0765. The lowest BCUT2D eigenvalue weighted by Crippen LogP contribution is -2.29. The van der Waals surface area contributed by atoms with Gasteiger partial charge in [-0.15, -0.1) is 0 Å². The average molecular weight is 633 g/mol. The molecule has 6 heteroatoms. The van der Waals surface area contributed by atoms with Crippen molar-refractivity contribution in [3.05, 3.63) is 48.5 Å². The van der Waals surface area contributed by atoms with Crippen LogP contribution in [-0.4, -0.2) is 24.9 Å². The Morgan fingerprint density at radius 2 is 0.696 bits per heavy atom. The van der Waals surface area contributed by atoms with Gasteiger partial charge in [0.05, 0.1) is 11.4 Å². The van der Waals surface area contributed by atoms with Crippen molar-refractivity contribution in [1.29, 1.82) is 0 Å². The molecule has 0 spiro atoms. The van der Waals surface area contributed by atoms with E-state index in [4.69, 9.17) is 0 Å². The predicted octanol–water partition coefficient (Wildman–Crippen LogP) is 12.6. The summed E-state index contributed by atoms with van der Waals surface area (Å²) in [4.78, 5) is 28.4. The molecule has 0 bridgehead atoms. The number of amides is 2. The van der Waals surface area contributed by atoms with Gasteiger partial charge in [0, 0.05) is 38.3 Å². The van der Waals surface area contributed by atoms with Gasteiger partial charge in [-0.1, -0.05) is 129 Å². The van der Waals surface area contributed by atoms with E-state index in [1.54, 1.807) is 13.8 Å². The number of hydrogen-bond donors (Lipinski definition) is 0. The molecule has 0 radical (unpaired) electrons. The molecule has 46 heavy (non-hydrogen) atoms. The molecule has 0 fully saturated rings.